The van der Waals surface area contributed by atoms with Crippen LogP contribution < -0.4 is 15.4 Å². The van der Waals surface area contributed by atoms with E-state index in [1.165, 1.54) is 14.2 Å². The van der Waals surface area contributed by atoms with Crippen molar-refractivity contribution in [3.8, 4) is 39.5 Å². The van der Waals surface area contributed by atoms with Crippen LogP contribution in [0.4, 0.5) is 9.59 Å². The van der Waals surface area contributed by atoms with E-state index < -0.39 is 29.9 Å². The van der Waals surface area contributed by atoms with Gasteiger partial charge in [0.1, 0.15) is 35.1 Å². The molecule has 0 radical (unpaired) electrons. The molecule has 16 heteroatoms. The minimum Gasteiger partial charge on any atom is -0.482 e. The van der Waals surface area contributed by atoms with Crippen LogP contribution in [0.25, 0.3) is 44.7 Å². The smallest absolute Gasteiger partial charge is 0.407 e. The number of likely N-dealkylation sites (tertiary alicyclic amines) is 2. The van der Waals surface area contributed by atoms with E-state index in [2.05, 4.69) is 76.4 Å². The number of rotatable bonds is 10. The predicted molar refractivity (Wildman–Crippen MR) is 233 cm³/mol. The van der Waals surface area contributed by atoms with Crippen molar-refractivity contribution in [1.82, 2.24) is 44.9 Å². The number of nitrogens with one attached hydrogen (secondary N) is 4. The van der Waals surface area contributed by atoms with Gasteiger partial charge in [0.25, 0.3) is 0 Å². The number of amides is 4. The second-order valence-corrected chi connectivity index (χ2v) is 17.8. The Morgan fingerprint density at radius 1 is 0.774 bits per heavy atom. The number of aromatic amines is 2. The summed E-state index contributed by atoms with van der Waals surface area (Å²) >= 11 is 0. The van der Waals surface area contributed by atoms with Crippen molar-refractivity contribution in [3.05, 3.63) is 66.0 Å². The first-order chi connectivity index (χ1) is 29.6. The Balaban J connectivity index is 1.05. The van der Waals surface area contributed by atoms with Crippen molar-refractivity contribution in [2.75, 3.05) is 27.3 Å². The summed E-state index contributed by atoms with van der Waals surface area (Å²) in [6.45, 7) is 12.9. The van der Waals surface area contributed by atoms with Crippen LogP contribution in [0.15, 0.2) is 48.8 Å². The molecule has 0 spiro atoms. The number of H-pyrrole nitrogens is 2. The number of alkyl carbamates (subject to hydrolysis) is 2. The van der Waals surface area contributed by atoms with Gasteiger partial charge in [0.2, 0.25) is 11.8 Å². The lowest BCUT2D eigenvalue weighted by molar-refractivity contribution is -0.136. The van der Waals surface area contributed by atoms with E-state index in [9.17, 15) is 19.2 Å². The fraction of sp³-hybridized carbons (Fsp3) is 0.478. The number of fused-ring (bicyclic) bond motifs is 5. The van der Waals surface area contributed by atoms with Crippen molar-refractivity contribution >= 4 is 34.9 Å². The average Bonchev–Trinajstić information content (AvgIpc) is 4.10. The Morgan fingerprint density at radius 2 is 1.27 bits per heavy atom. The molecule has 0 bridgehead atoms. The Labute approximate surface area is 361 Å². The van der Waals surface area contributed by atoms with Crippen molar-refractivity contribution < 1.29 is 33.4 Å². The number of hydrogen-bond acceptors (Lipinski definition) is 9. The zero-order chi connectivity index (χ0) is 44.2. The molecule has 5 aromatic rings. The normalized spacial score (nSPS) is 19.0. The molecule has 3 aliphatic rings. The van der Waals surface area contributed by atoms with Crippen LogP contribution in [0.5, 0.6) is 5.75 Å². The molecule has 0 aliphatic carbocycles. The van der Waals surface area contributed by atoms with E-state index in [1.54, 1.807) is 6.20 Å². The number of carbonyl (C=O) groups is 4. The minimum absolute atomic E-state index is 0.123. The number of benzene rings is 2. The Hall–Kier alpha value is -6.32. The molecule has 0 saturated carbocycles. The summed E-state index contributed by atoms with van der Waals surface area (Å²) in [7, 11) is 4.67. The first-order valence-corrected chi connectivity index (χ1v) is 21.5. The van der Waals surface area contributed by atoms with Gasteiger partial charge in [0.15, 0.2) is 0 Å². The predicted octanol–water partition coefficient (Wildman–Crippen LogP) is 7.34. The highest BCUT2D eigenvalue weighted by molar-refractivity contribution is 5.97. The summed E-state index contributed by atoms with van der Waals surface area (Å²) in [4.78, 5) is 71.8. The third-order valence-corrected chi connectivity index (χ3v) is 12.7. The fourth-order valence-electron chi connectivity index (χ4n) is 9.52. The van der Waals surface area contributed by atoms with Gasteiger partial charge in [-0.15, -0.1) is 0 Å². The van der Waals surface area contributed by atoms with Crippen LogP contribution in [0.2, 0.25) is 0 Å². The molecule has 4 atom stereocenters. The third kappa shape index (κ3) is 7.53. The monoisotopic (exact) mass is 847 g/mol. The Morgan fingerprint density at radius 3 is 1.77 bits per heavy atom. The van der Waals surface area contributed by atoms with Crippen LogP contribution in [0, 0.1) is 11.8 Å². The lowest BCUT2D eigenvalue weighted by atomic mass is 9.88. The molecule has 328 valence electrons. The summed E-state index contributed by atoms with van der Waals surface area (Å²) in [5.41, 5.74) is 7.02. The molecule has 2 saturated heterocycles. The average molecular weight is 848 g/mol. The lowest BCUT2D eigenvalue weighted by Crippen LogP contribution is -2.51. The highest BCUT2D eigenvalue weighted by Crippen LogP contribution is 2.50. The number of hydrogen-bond donors (Lipinski definition) is 4. The standard InChI is InChI=1S/C46H57N9O7/c1-24(2)37(51-44(58)60-8)42(56)54-18-10-12-33(54)40-47-22-30(49-40)26-15-17-32-29(20-26)36-39(53(32)7)28-16-14-27(21-35(28)62-46(36,5)6)31-23-48-41(50-31)34-13-11-19-55(34)43(57)38(25(3)4)52-45(59)61-9/h14-17,20-25,33-34,37-38H,10-13,18-19H2,1-9H3,(H,47,49)(H,48,50)(H,51,58)(H,52,59). The molecule has 3 aliphatic heterocycles. The van der Waals surface area contributed by atoms with E-state index in [-0.39, 0.29) is 35.7 Å². The molecule has 8 rings (SSSR count). The highest BCUT2D eigenvalue weighted by Gasteiger charge is 2.41. The van der Waals surface area contributed by atoms with Gasteiger partial charge >= 0.3 is 12.2 Å². The van der Waals surface area contributed by atoms with Gasteiger partial charge in [0.05, 0.1) is 55.8 Å². The van der Waals surface area contributed by atoms with Crippen LogP contribution in [0.3, 0.4) is 0 Å². The zero-order valence-corrected chi connectivity index (χ0v) is 36.9. The Kier molecular flexibility index (Phi) is 11.3. The number of aromatic nitrogens is 5. The van der Waals surface area contributed by atoms with Crippen molar-refractivity contribution in [1.29, 1.82) is 0 Å². The molecule has 2 aromatic carbocycles. The minimum atomic E-state index is -0.711. The van der Waals surface area contributed by atoms with Gasteiger partial charge in [-0.3, -0.25) is 9.59 Å². The van der Waals surface area contributed by atoms with Crippen molar-refractivity contribution in [2.24, 2.45) is 18.9 Å². The topological polar surface area (TPSA) is 189 Å². The highest BCUT2D eigenvalue weighted by atomic mass is 16.5. The summed E-state index contributed by atoms with van der Waals surface area (Å²) in [5.74, 6) is 1.61. The SMILES string of the molecule is COC(=O)NC(C(=O)N1CCCC1c1ncc(-c2ccc3c(c2)OC(C)(C)c2c-3n(C)c3ccc(-c4cnc(C5CCCN5C(=O)C(NC(=O)OC)C(C)C)[nH]4)cc23)[nH]1)C(C)C. The maximum absolute atomic E-state index is 13.7. The van der Waals surface area contributed by atoms with E-state index >= 15 is 0 Å². The van der Waals surface area contributed by atoms with Crippen molar-refractivity contribution in [3.63, 3.8) is 0 Å². The van der Waals surface area contributed by atoms with Gasteiger partial charge in [0, 0.05) is 53.3 Å². The summed E-state index contributed by atoms with van der Waals surface area (Å²) < 4.78 is 18.7. The number of carbonyl (C=O) groups excluding carboxylic acids is 4. The van der Waals surface area contributed by atoms with E-state index in [1.807, 2.05) is 49.8 Å². The quantitative estimate of drug-likeness (QED) is 0.112. The largest absolute Gasteiger partial charge is 0.482 e. The van der Waals surface area contributed by atoms with Crippen LogP contribution in [0.1, 0.15) is 96.5 Å². The second-order valence-electron chi connectivity index (χ2n) is 17.8. The molecule has 16 nitrogen and oxygen atoms in total. The van der Waals surface area contributed by atoms with Gasteiger partial charge in [-0.25, -0.2) is 19.6 Å². The molecule has 62 heavy (non-hydrogen) atoms. The van der Waals surface area contributed by atoms with Crippen LogP contribution in [-0.2, 0) is 31.7 Å². The summed E-state index contributed by atoms with van der Waals surface area (Å²) in [6, 6.07) is 10.7. The second kappa shape index (κ2) is 16.5. The molecule has 4 unspecified atom stereocenters. The summed E-state index contributed by atoms with van der Waals surface area (Å²) in [5, 5.41) is 6.49. The molecule has 6 heterocycles. The number of methoxy groups -OCH3 is 2. The number of ether oxygens (including phenoxy) is 3. The maximum Gasteiger partial charge on any atom is 0.407 e. The molecule has 4 amide bonds. The van der Waals surface area contributed by atoms with Crippen LogP contribution in [-0.4, -0.2) is 97.7 Å². The van der Waals surface area contributed by atoms with Crippen LogP contribution >= 0.6 is 0 Å². The summed E-state index contributed by atoms with van der Waals surface area (Å²) in [6.07, 6.45) is 5.54. The molecule has 4 N–H and O–H groups in total. The van der Waals surface area contributed by atoms with Gasteiger partial charge in [-0.05, 0) is 75.6 Å². The number of aryl methyl sites for hydroxylation is 1. The number of imidazole rings is 2. The molecular formula is C46H57N9O7. The van der Waals surface area contributed by atoms with Gasteiger partial charge < -0.3 is 49.2 Å². The van der Waals surface area contributed by atoms with Gasteiger partial charge in [-0.1, -0.05) is 39.8 Å². The molecule has 3 aromatic heterocycles. The molecule has 2 fully saturated rings. The first-order valence-electron chi connectivity index (χ1n) is 21.5. The van der Waals surface area contributed by atoms with E-state index in [0.717, 1.165) is 81.7 Å². The zero-order valence-electron chi connectivity index (χ0n) is 36.9. The molecular weight excluding hydrogens is 791 g/mol. The van der Waals surface area contributed by atoms with Gasteiger partial charge in [-0.2, -0.15) is 0 Å². The maximum atomic E-state index is 13.7. The Bertz CT molecular complexity index is 2530. The lowest BCUT2D eigenvalue weighted by Gasteiger charge is -2.34. The third-order valence-electron chi connectivity index (χ3n) is 12.7. The number of nitrogens with zero attached hydrogens (tertiary/aromatic N) is 5. The first kappa shape index (κ1) is 42.4. The fourth-order valence-corrected chi connectivity index (χ4v) is 9.52. The van der Waals surface area contributed by atoms with E-state index in [0.29, 0.717) is 24.7 Å². The van der Waals surface area contributed by atoms with Crippen molar-refractivity contribution in [2.45, 2.75) is 97.0 Å². The van der Waals surface area contributed by atoms with E-state index in [4.69, 9.17) is 24.2 Å².